The number of carbonyl (C=O) groups is 1. The quantitative estimate of drug-likeness (QED) is 0.758. The van der Waals surface area contributed by atoms with Crippen molar-refractivity contribution >= 4 is 5.97 Å². The molecule has 1 aromatic carbocycles. The Morgan fingerprint density at radius 2 is 2.06 bits per heavy atom. The van der Waals surface area contributed by atoms with Crippen LogP contribution in [0.2, 0.25) is 0 Å². The zero-order valence-electron chi connectivity index (χ0n) is 9.87. The van der Waals surface area contributed by atoms with Gasteiger partial charge < -0.3 is 4.74 Å². The number of benzene rings is 1. The van der Waals surface area contributed by atoms with Crippen molar-refractivity contribution in [1.29, 1.82) is 0 Å². The molecule has 0 atom stereocenters. The average molecular weight is 244 g/mol. The van der Waals surface area contributed by atoms with Crippen LogP contribution in [-0.4, -0.2) is 22.9 Å². The molecule has 0 saturated heterocycles. The highest BCUT2D eigenvalue weighted by molar-refractivity contribution is 5.90. The molecule has 2 aromatic rings. The molecule has 0 aliphatic rings. The second-order valence-corrected chi connectivity index (χ2v) is 3.67. The van der Waals surface area contributed by atoms with E-state index in [9.17, 15) is 9.59 Å². The molecule has 1 aromatic heterocycles. The molecule has 18 heavy (non-hydrogen) atoms. The Hall–Kier alpha value is -2.43. The molecule has 0 unspecified atom stereocenters. The standard InChI is InChI=1S/C13H12N2O3/c1-18-13(17)11-6-3-2-5-10(11)9-15-12(16)7-4-8-14-15/h2-8H,9H2,1H3. The van der Waals surface area contributed by atoms with E-state index < -0.39 is 5.97 Å². The maximum atomic E-state index is 11.6. The van der Waals surface area contributed by atoms with Crippen LogP contribution in [0.15, 0.2) is 47.4 Å². The maximum Gasteiger partial charge on any atom is 0.338 e. The highest BCUT2D eigenvalue weighted by Crippen LogP contribution is 2.10. The molecule has 5 nitrogen and oxygen atoms in total. The summed E-state index contributed by atoms with van der Waals surface area (Å²) in [5.74, 6) is -0.422. The molecule has 1 heterocycles. The number of nitrogens with zero attached hydrogens (tertiary/aromatic N) is 2. The summed E-state index contributed by atoms with van der Waals surface area (Å²) in [7, 11) is 1.33. The topological polar surface area (TPSA) is 61.2 Å². The summed E-state index contributed by atoms with van der Waals surface area (Å²) in [6.07, 6.45) is 1.53. The number of aromatic nitrogens is 2. The molecule has 92 valence electrons. The van der Waals surface area contributed by atoms with Crippen LogP contribution in [0, 0.1) is 0 Å². The lowest BCUT2D eigenvalue weighted by atomic mass is 10.1. The fourth-order valence-corrected chi connectivity index (χ4v) is 1.63. The summed E-state index contributed by atoms with van der Waals surface area (Å²) < 4.78 is 5.99. The van der Waals surface area contributed by atoms with Gasteiger partial charge in [-0.25, -0.2) is 9.48 Å². The first-order valence-corrected chi connectivity index (χ1v) is 5.40. The molecule has 0 aliphatic carbocycles. The van der Waals surface area contributed by atoms with E-state index in [1.807, 2.05) is 0 Å². The summed E-state index contributed by atoms with van der Waals surface area (Å²) in [6, 6.07) is 9.98. The first-order chi connectivity index (χ1) is 8.72. The summed E-state index contributed by atoms with van der Waals surface area (Å²) in [5, 5.41) is 3.95. The molecule has 0 N–H and O–H groups in total. The number of rotatable bonds is 3. The molecule has 0 spiro atoms. The summed E-state index contributed by atoms with van der Waals surface area (Å²) >= 11 is 0. The Labute approximate surface area is 104 Å². The van der Waals surface area contributed by atoms with Gasteiger partial charge in [-0.3, -0.25) is 4.79 Å². The number of methoxy groups -OCH3 is 1. The Bertz CT molecular complexity index is 619. The van der Waals surface area contributed by atoms with Crippen LogP contribution in [0.5, 0.6) is 0 Å². The van der Waals surface area contributed by atoms with Crippen molar-refractivity contribution in [2.75, 3.05) is 7.11 Å². The van der Waals surface area contributed by atoms with E-state index in [0.29, 0.717) is 11.1 Å². The van der Waals surface area contributed by atoms with Crippen molar-refractivity contribution in [3.05, 3.63) is 64.1 Å². The lowest BCUT2D eigenvalue weighted by molar-refractivity contribution is 0.0599. The predicted octanol–water partition coefficient (Wildman–Crippen LogP) is 1.08. The first kappa shape index (κ1) is 12.0. The number of esters is 1. The van der Waals surface area contributed by atoms with E-state index in [-0.39, 0.29) is 12.1 Å². The van der Waals surface area contributed by atoms with E-state index in [2.05, 4.69) is 5.10 Å². The van der Waals surface area contributed by atoms with Crippen molar-refractivity contribution < 1.29 is 9.53 Å². The molecule has 0 aliphatic heterocycles. The summed E-state index contributed by atoms with van der Waals surface area (Å²) in [5.41, 5.74) is 0.930. The molecular formula is C13H12N2O3. The van der Waals surface area contributed by atoms with Gasteiger partial charge in [-0.2, -0.15) is 5.10 Å². The second kappa shape index (κ2) is 5.27. The monoisotopic (exact) mass is 244 g/mol. The van der Waals surface area contributed by atoms with Gasteiger partial charge in [0.25, 0.3) is 5.56 Å². The fourth-order valence-electron chi connectivity index (χ4n) is 1.63. The number of ether oxygens (including phenoxy) is 1. The van der Waals surface area contributed by atoms with Gasteiger partial charge in [0.15, 0.2) is 0 Å². The summed E-state index contributed by atoms with van der Waals surface area (Å²) in [4.78, 5) is 23.1. The van der Waals surface area contributed by atoms with E-state index in [0.717, 1.165) is 0 Å². The molecular weight excluding hydrogens is 232 g/mol. The Morgan fingerprint density at radius 3 is 2.78 bits per heavy atom. The van der Waals surface area contributed by atoms with Crippen molar-refractivity contribution in [1.82, 2.24) is 9.78 Å². The Morgan fingerprint density at radius 1 is 1.28 bits per heavy atom. The third kappa shape index (κ3) is 2.45. The molecule has 0 saturated carbocycles. The molecule has 0 fully saturated rings. The zero-order valence-corrected chi connectivity index (χ0v) is 9.87. The minimum Gasteiger partial charge on any atom is -0.465 e. The smallest absolute Gasteiger partial charge is 0.338 e. The Kier molecular flexibility index (Phi) is 3.52. The largest absolute Gasteiger partial charge is 0.465 e. The zero-order chi connectivity index (χ0) is 13.0. The lowest BCUT2D eigenvalue weighted by Crippen LogP contribution is -2.22. The maximum absolute atomic E-state index is 11.6. The fraction of sp³-hybridized carbons (Fsp3) is 0.154. The number of hydrogen-bond donors (Lipinski definition) is 0. The van der Waals surface area contributed by atoms with Gasteiger partial charge >= 0.3 is 5.97 Å². The highest BCUT2D eigenvalue weighted by Gasteiger charge is 2.11. The first-order valence-electron chi connectivity index (χ1n) is 5.40. The third-order valence-electron chi connectivity index (χ3n) is 2.53. The molecule has 0 radical (unpaired) electrons. The van der Waals surface area contributed by atoms with Crippen LogP contribution in [0.25, 0.3) is 0 Å². The minimum atomic E-state index is -0.422. The number of carbonyl (C=O) groups excluding carboxylic acids is 1. The van der Waals surface area contributed by atoms with Crippen LogP contribution in [0.3, 0.4) is 0 Å². The van der Waals surface area contributed by atoms with Gasteiger partial charge in [0, 0.05) is 12.3 Å². The van der Waals surface area contributed by atoms with E-state index in [1.165, 1.54) is 24.1 Å². The van der Waals surface area contributed by atoms with Crippen molar-refractivity contribution in [2.24, 2.45) is 0 Å². The van der Waals surface area contributed by atoms with Gasteiger partial charge in [-0.05, 0) is 17.7 Å². The van der Waals surface area contributed by atoms with Crippen LogP contribution in [0.4, 0.5) is 0 Å². The molecule has 0 amide bonds. The number of hydrogen-bond acceptors (Lipinski definition) is 4. The van der Waals surface area contributed by atoms with E-state index >= 15 is 0 Å². The highest BCUT2D eigenvalue weighted by atomic mass is 16.5. The van der Waals surface area contributed by atoms with Gasteiger partial charge in [0.2, 0.25) is 0 Å². The Balaban J connectivity index is 2.38. The second-order valence-electron chi connectivity index (χ2n) is 3.67. The van der Waals surface area contributed by atoms with E-state index in [1.54, 1.807) is 30.3 Å². The lowest BCUT2D eigenvalue weighted by Gasteiger charge is -2.08. The van der Waals surface area contributed by atoms with Crippen LogP contribution < -0.4 is 5.56 Å². The van der Waals surface area contributed by atoms with E-state index in [4.69, 9.17) is 4.74 Å². The van der Waals surface area contributed by atoms with Gasteiger partial charge in [0.1, 0.15) is 0 Å². The van der Waals surface area contributed by atoms with Gasteiger partial charge in [-0.1, -0.05) is 18.2 Å². The van der Waals surface area contributed by atoms with Crippen molar-refractivity contribution in [2.45, 2.75) is 6.54 Å². The van der Waals surface area contributed by atoms with Crippen LogP contribution in [0.1, 0.15) is 15.9 Å². The SMILES string of the molecule is COC(=O)c1ccccc1Cn1ncccc1=O. The minimum absolute atomic E-state index is 0.211. The third-order valence-corrected chi connectivity index (χ3v) is 2.53. The summed E-state index contributed by atoms with van der Waals surface area (Å²) in [6.45, 7) is 0.241. The average Bonchev–Trinajstić information content (AvgIpc) is 2.41. The normalized spacial score (nSPS) is 10.1. The predicted molar refractivity (Wildman–Crippen MR) is 65.4 cm³/mol. The molecule has 2 rings (SSSR count). The van der Waals surface area contributed by atoms with Crippen LogP contribution in [-0.2, 0) is 11.3 Å². The van der Waals surface area contributed by atoms with Crippen LogP contribution >= 0.6 is 0 Å². The molecule has 5 heteroatoms. The van der Waals surface area contributed by atoms with Crippen molar-refractivity contribution in [3.8, 4) is 0 Å². The molecule has 0 bridgehead atoms. The van der Waals surface area contributed by atoms with Gasteiger partial charge in [0.05, 0.1) is 19.2 Å². The van der Waals surface area contributed by atoms with Crippen molar-refractivity contribution in [3.63, 3.8) is 0 Å². The van der Waals surface area contributed by atoms with Gasteiger partial charge in [-0.15, -0.1) is 0 Å².